The van der Waals surface area contributed by atoms with Gasteiger partial charge in [0.25, 0.3) is 0 Å². The monoisotopic (exact) mass is 274 g/mol. The van der Waals surface area contributed by atoms with Crippen molar-refractivity contribution in [1.29, 1.82) is 0 Å². The van der Waals surface area contributed by atoms with Crippen molar-refractivity contribution in [1.82, 2.24) is 4.90 Å². The van der Waals surface area contributed by atoms with Crippen molar-refractivity contribution in [2.75, 3.05) is 13.1 Å². The molecule has 0 radical (unpaired) electrons. The van der Waals surface area contributed by atoms with Gasteiger partial charge in [-0.2, -0.15) is 0 Å². The number of hydrogen-bond donors (Lipinski definition) is 1. The molecule has 1 aliphatic rings. The zero-order valence-electron chi connectivity index (χ0n) is 9.43. The van der Waals surface area contributed by atoms with Crippen molar-refractivity contribution in [2.45, 2.75) is 18.9 Å². The zero-order chi connectivity index (χ0) is 11.5. The topological polar surface area (TPSA) is 46.3 Å². The molecule has 3 nitrogen and oxygen atoms in total. The van der Waals surface area contributed by atoms with Gasteiger partial charge >= 0.3 is 0 Å². The molecule has 2 rings (SSSR count). The SMILES string of the molecule is Cl.N[C@H]1CCN(C(=O)Cc2ccc(Cl)cc2)C1. The number of nitrogens with two attached hydrogens (primary N) is 1. The Morgan fingerprint density at radius 3 is 2.59 bits per heavy atom. The van der Waals surface area contributed by atoms with Crippen molar-refractivity contribution >= 4 is 29.9 Å². The molecular weight excluding hydrogens is 259 g/mol. The van der Waals surface area contributed by atoms with Crippen LogP contribution >= 0.6 is 24.0 Å². The first kappa shape index (κ1) is 14.3. The lowest BCUT2D eigenvalue weighted by Crippen LogP contribution is -2.32. The minimum Gasteiger partial charge on any atom is -0.341 e. The first-order valence-corrected chi connectivity index (χ1v) is 5.81. The molecule has 1 saturated heterocycles. The molecule has 0 aliphatic carbocycles. The predicted molar refractivity (Wildman–Crippen MR) is 71.6 cm³/mol. The molecule has 94 valence electrons. The maximum atomic E-state index is 11.9. The maximum absolute atomic E-state index is 11.9. The second-order valence-corrected chi connectivity index (χ2v) is 4.63. The maximum Gasteiger partial charge on any atom is 0.227 e. The summed E-state index contributed by atoms with van der Waals surface area (Å²) in [4.78, 5) is 13.7. The molecule has 5 heteroatoms. The summed E-state index contributed by atoms with van der Waals surface area (Å²) in [7, 11) is 0. The number of nitrogens with zero attached hydrogens (tertiary/aromatic N) is 1. The van der Waals surface area contributed by atoms with E-state index in [1.54, 1.807) is 12.1 Å². The van der Waals surface area contributed by atoms with Crippen LogP contribution in [-0.2, 0) is 11.2 Å². The van der Waals surface area contributed by atoms with E-state index in [9.17, 15) is 4.79 Å². The molecule has 1 heterocycles. The van der Waals surface area contributed by atoms with Crippen LogP contribution in [0, 0.1) is 0 Å². The van der Waals surface area contributed by atoms with E-state index in [-0.39, 0.29) is 24.4 Å². The highest BCUT2D eigenvalue weighted by atomic mass is 35.5. The third-order valence-electron chi connectivity index (χ3n) is 2.85. The average molecular weight is 275 g/mol. The largest absolute Gasteiger partial charge is 0.341 e. The van der Waals surface area contributed by atoms with Crippen LogP contribution in [0.15, 0.2) is 24.3 Å². The first-order valence-electron chi connectivity index (χ1n) is 5.43. The molecule has 1 aliphatic heterocycles. The second kappa shape index (κ2) is 6.24. The molecule has 1 aromatic rings. The van der Waals surface area contributed by atoms with Gasteiger partial charge in [0.15, 0.2) is 0 Å². The van der Waals surface area contributed by atoms with Gasteiger partial charge in [0.05, 0.1) is 6.42 Å². The summed E-state index contributed by atoms with van der Waals surface area (Å²) in [5.41, 5.74) is 6.76. The van der Waals surface area contributed by atoms with E-state index < -0.39 is 0 Å². The minimum atomic E-state index is 0. The molecule has 0 bridgehead atoms. The molecule has 2 N–H and O–H groups in total. The third-order valence-corrected chi connectivity index (χ3v) is 3.10. The molecular formula is C12H16Cl2N2O. The summed E-state index contributed by atoms with van der Waals surface area (Å²) in [6.07, 6.45) is 1.34. The van der Waals surface area contributed by atoms with Gasteiger partial charge in [-0.05, 0) is 24.1 Å². The quantitative estimate of drug-likeness (QED) is 0.895. The van der Waals surface area contributed by atoms with Crippen LogP contribution < -0.4 is 5.73 Å². The summed E-state index contributed by atoms with van der Waals surface area (Å²) in [6.45, 7) is 1.47. The molecule has 1 aromatic carbocycles. The summed E-state index contributed by atoms with van der Waals surface area (Å²) in [5.74, 6) is 0.148. The molecule has 0 spiro atoms. The van der Waals surface area contributed by atoms with Crippen molar-refractivity contribution in [2.24, 2.45) is 5.73 Å². The number of likely N-dealkylation sites (tertiary alicyclic amines) is 1. The number of amides is 1. The number of hydrogen-bond acceptors (Lipinski definition) is 2. The van der Waals surface area contributed by atoms with E-state index in [1.165, 1.54) is 0 Å². The molecule has 1 atom stereocenters. The van der Waals surface area contributed by atoms with Crippen molar-refractivity contribution in [3.05, 3.63) is 34.9 Å². The van der Waals surface area contributed by atoms with E-state index in [2.05, 4.69) is 0 Å². The molecule has 0 saturated carbocycles. The number of benzene rings is 1. The fraction of sp³-hybridized carbons (Fsp3) is 0.417. The number of rotatable bonds is 2. The van der Waals surface area contributed by atoms with Crippen LogP contribution in [0.25, 0.3) is 0 Å². The number of carbonyl (C=O) groups excluding carboxylic acids is 1. The lowest BCUT2D eigenvalue weighted by Gasteiger charge is -2.15. The van der Waals surface area contributed by atoms with Crippen LogP contribution in [0.4, 0.5) is 0 Å². The van der Waals surface area contributed by atoms with E-state index in [4.69, 9.17) is 17.3 Å². The van der Waals surface area contributed by atoms with Crippen LogP contribution in [0.5, 0.6) is 0 Å². The Morgan fingerprint density at radius 1 is 1.41 bits per heavy atom. The number of carbonyl (C=O) groups is 1. The van der Waals surface area contributed by atoms with Gasteiger partial charge in [0, 0.05) is 24.2 Å². The highest BCUT2D eigenvalue weighted by Gasteiger charge is 2.23. The van der Waals surface area contributed by atoms with E-state index in [0.717, 1.165) is 18.5 Å². The normalized spacial score (nSPS) is 18.9. The highest BCUT2D eigenvalue weighted by molar-refractivity contribution is 6.30. The van der Waals surface area contributed by atoms with Crippen LogP contribution in [-0.4, -0.2) is 29.9 Å². The molecule has 0 aromatic heterocycles. The van der Waals surface area contributed by atoms with Gasteiger partial charge in [0.2, 0.25) is 5.91 Å². The Bertz CT molecular complexity index is 381. The highest BCUT2D eigenvalue weighted by Crippen LogP contribution is 2.13. The van der Waals surface area contributed by atoms with Gasteiger partial charge in [-0.25, -0.2) is 0 Å². The Kier molecular flexibility index (Phi) is 5.25. The molecule has 1 fully saturated rings. The Balaban J connectivity index is 0.00000144. The fourth-order valence-electron chi connectivity index (χ4n) is 1.90. The zero-order valence-corrected chi connectivity index (χ0v) is 11.0. The Labute approximate surface area is 112 Å². The third kappa shape index (κ3) is 3.87. The fourth-order valence-corrected chi connectivity index (χ4v) is 2.03. The molecule has 1 amide bonds. The van der Waals surface area contributed by atoms with Gasteiger partial charge < -0.3 is 10.6 Å². The Morgan fingerprint density at radius 2 is 2.06 bits per heavy atom. The minimum absolute atomic E-state index is 0. The first-order chi connectivity index (χ1) is 7.65. The molecule has 17 heavy (non-hydrogen) atoms. The summed E-state index contributed by atoms with van der Waals surface area (Å²) < 4.78 is 0. The summed E-state index contributed by atoms with van der Waals surface area (Å²) >= 11 is 5.78. The Hall–Kier alpha value is -0.770. The van der Waals surface area contributed by atoms with Gasteiger partial charge in [-0.3, -0.25) is 4.79 Å². The van der Waals surface area contributed by atoms with E-state index >= 15 is 0 Å². The summed E-state index contributed by atoms with van der Waals surface area (Å²) in [5, 5.41) is 0.694. The van der Waals surface area contributed by atoms with Gasteiger partial charge in [-0.15, -0.1) is 12.4 Å². The predicted octanol–water partition coefficient (Wildman–Crippen LogP) is 1.86. The van der Waals surface area contributed by atoms with Crippen LogP contribution in [0.2, 0.25) is 5.02 Å². The lowest BCUT2D eigenvalue weighted by atomic mass is 10.1. The van der Waals surface area contributed by atoms with Crippen LogP contribution in [0.1, 0.15) is 12.0 Å². The number of halogens is 2. The second-order valence-electron chi connectivity index (χ2n) is 4.19. The van der Waals surface area contributed by atoms with E-state index in [1.807, 2.05) is 17.0 Å². The van der Waals surface area contributed by atoms with Crippen molar-refractivity contribution in [3.8, 4) is 0 Å². The van der Waals surface area contributed by atoms with Gasteiger partial charge in [-0.1, -0.05) is 23.7 Å². The standard InChI is InChI=1S/C12H15ClN2O.ClH/c13-10-3-1-9(2-4-10)7-12(16)15-6-5-11(14)8-15;/h1-4,11H,5-8,14H2;1H/t11-;/m0./s1. The van der Waals surface area contributed by atoms with Crippen molar-refractivity contribution in [3.63, 3.8) is 0 Å². The van der Waals surface area contributed by atoms with Crippen LogP contribution in [0.3, 0.4) is 0 Å². The molecule has 0 unspecified atom stereocenters. The van der Waals surface area contributed by atoms with Crippen molar-refractivity contribution < 1.29 is 4.79 Å². The average Bonchev–Trinajstić information content (AvgIpc) is 2.68. The lowest BCUT2D eigenvalue weighted by molar-refractivity contribution is -0.129. The summed E-state index contributed by atoms with van der Waals surface area (Å²) in [6, 6.07) is 7.53. The van der Waals surface area contributed by atoms with Gasteiger partial charge in [0.1, 0.15) is 0 Å². The van der Waals surface area contributed by atoms with E-state index in [0.29, 0.717) is 18.0 Å². The smallest absolute Gasteiger partial charge is 0.227 e.